The third-order valence-electron chi connectivity index (χ3n) is 2.10. The SMILES string of the molecule is C=Cn1c(-c2nccc(Cl)n2)cnc1C=NC. The van der Waals surface area contributed by atoms with Crippen LogP contribution < -0.4 is 0 Å². The van der Waals surface area contributed by atoms with Gasteiger partial charge in [-0.25, -0.2) is 15.0 Å². The summed E-state index contributed by atoms with van der Waals surface area (Å²) in [7, 11) is 1.68. The Morgan fingerprint density at radius 1 is 1.47 bits per heavy atom. The summed E-state index contributed by atoms with van der Waals surface area (Å²) >= 11 is 5.83. The van der Waals surface area contributed by atoms with Gasteiger partial charge in [-0.05, 0) is 6.07 Å². The Morgan fingerprint density at radius 2 is 2.29 bits per heavy atom. The van der Waals surface area contributed by atoms with E-state index in [4.69, 9.17) is 11.6 Å². The Hall–Kier alpha value is -2.01. The summed E-state index contributed by atoms with van der Waals surface area (Å²) in [5, 5.41) is 0.387. The predicted octanol–water partition coefficient (Wildman–Crippen LogP) is 2.14. The molecule has 0 atom stereocenters. The van der Waals surface area contributed by atoms with Crippen LogP contribution in [0.4, 0.5) is 0 Å². The van der Waals surface area contributed by atoms with Gasteiger partial charge in [-0.2, -0.15) is 0 Å². The molecule has 2 aromatic heterocycles. The quantitative estimate of drug-likeness (QED) is 0.617. The second-order valence-corrected chi connectivity index (χ2v) is 3.53. The first kappa shape index (κ1) is 11.5. The largest absolute Gasteiger partial charge is 0.296 e. The van der Waals surface area contributed by atoms with Crippen LogP contribution in [0.25, 0.3) is 17.7 Å². The lowest BCUT2D eigenvalue weighted by molar-refractivity contribution is 1.08. The van der Waals surface area contributed by atoms with E-state index in [0.29, 0.717) is 16.8 Å². The Balaban J connectivity index is 2.56. The average Bonchev–Trinajstić information content (AvgIpc) is 2.72. The molecule has 0 unspecified atom stereocenters. The fourth-order valence-electron chi connectivity index (χ4n) is 1.40. The molecule has 0 N–H and O–H groups in total. The highest BCUT2D eigenvalue weighted by atomic mass is 35.5. The van der Waals surface area contributed by atoms with E-state index in [1.54, 1.807) is 42.5 Å². The molecule has 0 aliphatic carbocycles. The molecule has 2 heterocycles. The van der Waals surface area contributed by atoms with Gasteiger partial charge in [0.15, 0.2) is 11.6 Å². The zero-order valence-electron chi connectivity index (χ0n) is 9.21. The normalized spacial score (nSPS) is 10.9. The molecule has 2 aromatic rings. The van der Waals surface area contributed by atoms with Gasteiger partial charge in [0.05, 0.1) is 12.4 Å². The van der Waals surface area contributed by atoms with Crippen molar-refractivity contribution in [1.82, 2.24) is 19.5 Å². The molecular formula is C11H10ClN5. The second kappa shape index (κ2) is 4.88. The number of nitrogens with zero attached hydrogens (tertiary/aromatic N) is 5. The van der Waals surface area contributed by atoms with E-state index >= 15 is 0 Å². The van der Waals surface area contributed by atoms with Crippen LogP contribution in [0, 0.1) is 0 Å². The standard InChI is InChI=1S/C11H10ClN5/c1-3-17-8(6-15-10(17)7-13-2)11-14-5-4-9(12)16-11/h3-7H,1H2,2H3. The van der Waals surface area contributed by atoms with E-state index in [1.165, 1.54) is 0 Å². The minimum atomic E-state index is 0.387. The second-order valence-electron chi connectivity index (χ2n) is 3.14. The van der Waals surface area contributed by atoms with Crippen LogP contribution in [0.2, 0.25) is 5.15 Å². The van der Waals surface area contributed by atoms with Crippen molar-refractivity contribution in [2.75, 3.05) is 7.05 Å². The molecule has 0 bridgehead atoms. The van der Waals surface area contributed by atoms with Crippen LogP contribution in [-0.4, -0.2) is 32.8 Å². The van der Waals surface area contributed by atoms with Gasteiger partial charge in [0.2, 0.25) is 0 Å². The number of hydrogen-bond acceptors (Lipinski definition) is 4. The molecule has 0 radical (unpaired) electrons. The Bertz CT molecular complexity index is 573. The van der Waals surface area contributed by atoms with E-state index in [-0.39, 0.29) is 0 Å². The summed E-state index contributed by atoms with van der Waals surface area (Å²) in [4.78, 5) is 16.4. The minimum Gasteiger partial charge on any atom is -0.296 e. The van der Waals surface area contributed by atoms with E-state index in [0.717, 1.165) is 5.69 Å². The highest BCUT2D eigenvalue weighted by molar-refractivity contribution is 6.29. The van der Waals surface area contributed by atoms with Crippen molar-refractivity contribution in [3.8, 4) is 11.5 Å². The van der Waals surface area contributed by atoms with E-state index in [9.17, 15) is 0 Å². The number of rotatable bonds is 3. The summed E-state index contributed by atoms with van der Waals surface area (Å²) in [6.07, 6.45) is 6.52. The molecule has 0 fully saturated rings. The molecule has 0 amide bonds. The van der Waals surface area contributed by atoms with Crippen LogP contribution in [0.5, 0.6) is 0 Å². The highest BCUT2D eigenvalue weighted by Crippen LogP contribution is 2.17. The molecule has 17 heavy (non-hydrogen) atoms. The van der Waals surface area contributed by atoms with Crippen molar-refractivity contribution in [3.63, 3.8) is 0 Å². The smallest absolute Gasteiger partial charge is 0.179 e. The van der Waals surface area contributed by atoms with Crippen LogP contribution >= 0.6 is 11.6 Å². The first-order chi connectivity index (χ1) is 8.26. The maximum Gasteiger partial charge on any atom is 0.179 e. The summed E-state index contributed by atoms with van der Waals surface area (Å²) in [6, 6.07) is 1.62. The number of aliphatic imine (C=N–C) groups is 1. The average molecular weight is 248 g/mol. The van der Waals surface area contributed by atoms with Gasteiger partial charge in [-0.1, -0.05) is 18.2 Å². The zero-order valence-corrected chi connectivity index (χ0v) is 9.96. The molecule has 0 spiro atoms. The fraction of sp³-hybridized carbons (Fsp3) is 0.0909. The van der Waals surface area contributed by atoms with Crippen LogP contribution in [0.1, 0.15) is 5.82 Å². The van der Waals surface area contributed by atoms with Gasteiger partial charge in [0.1, 0.15) is 10.8 Å². The monoisotopic (exact) mass is 247 g/mol. The van der Waals surface area contributed by atoms with Crippen molar-refractivity contribution < 1.29 is 0 Å². The van der Waals surface area contributed by atoms with Crippen molar-refractivity contribution in [1.29, 1.82) is 0 Å². The third kappa shape index (κ3) is 2.24. The molecule has 0 aromatic carbocycles. The first-order valence-corrected chi connectivity index (χ1v) is 5.25. The van der Waals surface area contributed by atoms with Gasteiger partial charge in [0, 0.05) is 19.4 Å². The van der Waals surface area contributed by atoms with Crippen molar-refractivity contribution >= 4 is 24.0 Å². The summed E-state index contributed by atoms with van der Waals surface area (Å²) < 4.78 is 1.75. The van der Waals surface area contributed by atoms with Crippen molar-refractivity contribution in [2.24, 2.45) is 4.99 Å². The molecule has 0 aliphatic rings. The molecular weight excluding hydrogens is 238 g/mol. The van der Waals surface area contributed by atoms with Crippen LogP contribution in [0.3, 0.4) is 0 Å². The molecule has 6 heteroatoms. The summed E-state index contributed by atoms with van der Waals surface area (Å²) in [5.74, 6) is 1.17. The predicted molar refractivity (Wildman–Crippen MR) is 68.2 cm³/mol. The van der Waals surface area contributed by atoms with Gasteiger partial charge in [0.25, 0.3) is 0 Å². The lowest BCUT2D eigenvalue weighted by atomic mass is 10.4. The maximum atomic E-state index is 5.83. The number of halogens is 1. The lowest BCUT2D eigenvalue weighted by Gasteiger charge is -2.02. The molecule has 86 valence electrons. The van der Waals surface area contributed by atoms with Gasteiger partial charge in [-0.15, -0.1) is 0 Å². The minimum absolute atomic E-state index is 0.387. The zero-order chi connectivity index (χ0) is 12.3. The van der Waals surface area contributed by atoms with Crippen LogP contribution in [-0.2, 0) is 0 Å². The lowest BCUT2D eigenvalue weighted by Crippen LogP contribution is -1.99. The summed E-state index contributed by atoms with van der Waals surface area (Å²) in [5.41, 5.74) is 0.720. The van der Waals surface area contributed by atoms with Crippen molar-refractivity contribution in [3.05, 3.63) is 36.0 Å². The molecule has 0 aliphatic heterocycles. The molecule has 0 saturated heterocycles. The fourth-order valence-corrected chi connectivity index (χ4v) is 1.54. The Kier molecular flexibility index (Phi) is 3.30. The summed E-state index contributed by atoms with van der Waals surface area (Å²) in [6.45, 7) is 3.73. The molecule has 0 saturated carbocycles. The van der Waals surface area contributed by atoms with E-state index in [2.05, 4.69) is 26.5 Å². The Morgan fingerprint density at radius 3 is 2.94 bits per heavy atom. The Labute approximate surface area is 104 Å². The molecule has 5 nitrogen and oxygen atoms in total. The first-order valence-electron chi connectivity index (χ1n) is 4.87. The highest BCUT2D eigenvalue weighted by Gasteiger charge is 2.10. The third-order valence-corrected chi connectivity index (χ3v) is 2.31. The molecule has 2 rings (SSSR count). The topological polar surface area (TPSA) is 56.0 Å². The van der Waals surface area contributed by atoms with E-state index < -0.39 is 0 Å². The van der Waals surface area contributed by atoms with Gasteiger partial charge >= 0.3 is 0 Å². The number of aromatic nitrogens is 4. The van der Waals surface area contributed by atoms with E-state index in [1.807, 2.05) is 0 Å². The number of hydrogen-bond donors (Lipinski definition) is 0. The van der Waals surface area contributed by atoms with Crippen molar-refractivity contribution in [2.45, 2.75) is 0 Å². The maximum absolute atomic E-state index is 5.83. The van der Waals surface area contributed by atoms with Gasteiger partial charge < -0.3 is 0 Å². The van der Waals surface area contributed by atoms with Gasteiger partial charge in [-0.3, -0.25) is 9.56 Å². The van der Waals surface area contributed by atoms with Crippen LogP contribution in [0.15, 0.2) is 30.0 Å². The number of imidazole rings is 1.